The van der Waals surface area contributed by atoms with Gasteiger partial charge in [-0.3, -0.25) is 9.79 Å². The SMILES string of the molecule is NC(=O)c1cccc(-c2ccc(Oc3ccc(C4C=N4)cc3-c3ccsc3)cc2)n1. The van der Waals surface area contributed by atoms with Crippen LogP contribution < -0.4 is 10.5 Å². The van der Waals surface area contributed by atoms with Crippen LogP contribution in [0, 0.1) is 0 Å². The number of thiophene rings is 1. The first-order valence-corrected chi connectivity index (χ1v) is 10.4. The summed E-state index contributed by atoms with van der Waals surface area (Å²) in [5, 5.41) is 4.17. The van der Waals surface area contributed by atoms with E-state index in [2.05, 4.69) is 38.9 Å². The van der Waals surface area contributed by atoms with Gasteiger partial charge < -0.3 is 10.5 Å². The minimum atomic E-state index is -0.544. The molecular weight excluding hydrogens is 394 g/mol. The standard InChI is InChI=1S/C24H17N3O2S/c25-24(28)21-3-1-2-20(27-21)15-4-7-18(8-5-15)29-23-9-6-16(22-13-26-22)12-19(23)17-10-11-30-14-17/h1-14,22H,(H2,25,28). The molecule has 0 saturated heterocycles. The van der Waals surface area contributed by atoms with Gasteiger partial charge in [-0.25, -0.2) is 4.98 Å². The second-order valence-corrected chi connectivity index (χ2v) is 7.69. The van der Waals surface area contributed by atoms with E-state index in [-0.39, 0.29) is 11.7 Å². The lowest BCUT2D eigenvalue weighted by Gasteiger charge is -2.13. The second-order valence-electron chi connectivity index (χ2n) is 6.91. The number of primary amides is 1. The molecule has 1 amide bonds. The van der Waals surface area contributed by atoms with E-state index >= 15 is 0 Å². The van der Waals surface area contributed by atoms with Gasteiger partial charge in [0.25, 0.3) is 5.91 Å². The number of hydrogen-bond donors (Lipinski definition) is 1. The molecular formula is C24H17N3O2S. The van der Waals surface area contributed by atoms with Crippen LogP contribution in [-0.4, -0.2) is 17.1 Å². The van der Waals surface area contributed by atoms with Crippen LogP contribution in [0.4, 0.5) is 0 Å². The minimum absolute atomic E-state index is 0.194. The summed E-state index contributed by atoms with van der Waals surface area (Å²) in [4.78, 5) is 19.9. The molecule has 6 heteroatoms. The van der Waals surface area contributed by atoms with Gasteiger partial charge in [-0.15, -0.1) is 0 Å². The van der Waals surface area contributed by atoms with Crippen molar-refractivity contribution in [1.82, 2.24) is 4.98 Å². The molecule has 0 fully saturated rings. The van der Waals surface area contributed by atoms with Crippen LogP contribution in [0.3, 0.4) is 0 Å². The van der Waals surface area contributed by atoms with Crippen LogP contribution in [0.1, 0.15) is 22.1 Å². The van der Waals surface area contributed by atoms with Crippen molar-refractivity contribution >= 4 is 23.5 Å². The molecule has 2 aromatic heterocycles. The number of ether oxygens (including phenoxy) is 1. The average Bonchev–Trinajstić information content (AvgIpc) is 3.48. The zero-order valence-electron chi connectivity index (χ0n) is 15.9. The summed E-state index contributed by atoms with van der Waals surface area (Å²) in [6, 6.07) is 21.3. The van der Waals surface area contributed by atoms with Crippen LogP contribution >= 0.6 is 11.3 Å². The number of amides is 1. The summed E-state index contributed by atoms with van der Waals surface area (Å²) < 4.78 is 6.21. The highest BCUT2D eigenvalue weighted by atomic mass is 32.1. The third-order valence-corrected chi connectivity index (χ3v) is 5.54. The van der Waals surface area contributed by atoms with Crippen LogP contribution in [0.25, 0.3) is 22.4 Å². The highest BCUT2D eigenvalue weighted by Crippen LogP contribution is 2.38. The van der Waals surface area contributed by atoms with E-state index in [1.807, 2.05) is 42.6 Å². The van der Waals surface area contributed by atoms with Gasteiger partial charge >= 0.3 is 0 Å². The molecule has 1 aliphatic rings. The van der Waals surface area contributed by atoms with Gasteiger partial charge in [-0.05, 0) is 76.5 Å². The fraction of sp³-hybridized carbons (Fsp3) is 0.0417. The molecule has 1 unspecified atom stereocenters. The van der Waals surface area contributed by atoms with Crippen LogP contribution in [0.2, 0.25) is 0 Å². The molecule has 2 aromatic carbocycles. The van der Waals surface area contributed by atoms with Gasteiger partial charge in [0, 0.05) is 17.3 Å². The summed E-state index contributed by atoms with van der Waals surface area (Å²) in [7, 11) is 0. The van der Waals surface area contributed by atoms with Gasteiger partial charge in [0.2, 0.25) is 0 Å². The predicted octanol–water partition coefficient (Wildman–Crippen LogP) is 5.49. The monoisotopic (exact) mass is 411 g/mol. The molecule has 5 nitrogen and oxygen atoms in total. The summed E-state index contributed by atoms with van der Waals surface area (Å²) in [6.45, 7) is 0. The number of benzene rings is 2. The van der Waals surface area contributed by atoms with Crippen molar-refractivity contribution in [3.63, 3.8) is 0 Å². The molecule has 30 heavy (non-hydrogen) atoms. The second kappa shape index (κ2) is 7.57. The summed E-state index contributed by atoms with van der Waals surface area (Å²) >= 11 is 1.66. The number of rotatable bonds is 6. The Morgan fingerprint density at radius 2 is 1.83 bits per heavy atom. The first kappa shape index (κ1) is 18.3. The molecule has 1 aliphatic heterocycles. The number of hydrogen-bond acceptors (Lipinski definition) is 5. The maximum absolute atomic E-state index is 11.4. The Morgan fingerprint density at radius 3 is 2.53 bits per heavy atom. The minimum Gasteiger partial charge on any atom is -0.457 e. The summed E-state index contributed by atoms with van der Waals surface area (Å²) in [6.07, 6.45) is 1.94. The fourth-order valence-electron chi connectivity index (χ4n) is 3.23. The molecule has 1 atom stereocenters. The molecule has 146 valence electrons. The molecule has 0 radical (unpaired) electrons. The molecule has 0 spiro atoms. The van der Waals surface area contributed by atoms with Crippen molar-refractivity contribution < 1.29 is 9.53 Å². The number of aliphatic imine (C=N–C) groups is 1. The van der Waals surface area contributed by atoms with Crippen LogP contribution in [0.5, 0.6) is 11.5 Å². The van der Waals surface area contributed by atoms with E-state index in [0.717, 1.165) is 28.2 Å². The van der Waals surface area contributed by atoms with Crippen LogP contribution in [0.15, 0.2) is 82.5 Å². The zero-order chi connectivity index (χ0) is 20.5. The van der Waals surface area contributed by atoms with E-state index in [1.165, 1.54) is 5.56 Å². The molecule has 2 N–H and O–H groups in total. The Labute approximate surface area is 177 Å². The third-order valence-electron chi connectivity index (χ3n) is 4.85. The van der Waals surface area contributed by atoms with Gasteiger partial charge in [-0.2, -0.15) is 11.3 Å². The Balaban J connectivity index is 1.42. The number of pyridine rings is 1. The van der Waals surface area contributed by atoms with Crippen LogP contribution in [-0.2, 0) is 0 Å². The average molecular weight is 411 g/mol. The van der Waals surface area contributed by atoms with Gasteiger partial charge in [0.15, 0.2) is 0 Å². The summed E-state index contributed by atoms with van der Waals surface area (Å²) in [5.41, 5.74) is 10.5. The molecule has 0 saturated carbocycles. The van der Waals surface area contributed by atoms with E-state index in [1.54, 1.807) is 23.5 Å². The van der Waals surface area contributed by atoms with Crippen molar-refractivity contribution in [2.75, 3.05) is 0 Å². The number of nitrogens with two attached hydrogens (primary N) is 1. The van der Waals surface area contributed by atoms with Crippen molar-refractivity contribution in [2.24, 2.45) is 10.7 Å². The van der Waals surface area contributed by atoms with E-state index in [4.69, 9.17) is 10.5 Å². The maximum atomic E-state index is 11.4. The van der Waals surface area contributed by atoms with Gasteiger partial charge in [0.05, 0.1) is 5.69 Å². The van der Waals surface area contributed by atoms with Crippen molar-refractivity contribution in [1.29, 1.82) is 0 Å². The lowest BCUT2D eigenvalue weighted by atomic mass is 10.0. The number of nitrogens with zero attached hydrogens (tertiary/aromatic N) is 2. The highest BCUT2D eigenvalue weighted by Gasteiger charge is 2.19. The summed E-state index contributed by atoms with van der Waals surface area (Å²) in [5.74, 6) is 0.967. The van der Waals surface area contributed by atoms with Crippen molar-refractivity contribution in [2.45, 2.75) is 6.04 Å². The largest absolute Gasteiger partial charge is 0.457 e. The third kappa shape index (κ3) is 3.73. The van der Waals surface area contributed by atoms with Crippen molar-refractivity contribution in [3.8, 4) is 33.9 Å². The Kier molecular flexibility index (Phi) is 4.61. The normalized spacial score (nSPS) is 14.5. The topological polar surface area (TPSA) is 77.6 Å². The predicted molar refractivity (Wildman–Crippen MR) is 119 cm³/mol. The van der Waals surface area contributed by atoms with Crippen molar-refractivity contribution in [3.05, 3.63) is 88.7 Å². The lowest BCUT2D eigenvalue weighted by molar-refractivity contribution is 0.0995. The molecule has 0 aliphatic carbocycles. The number of carbonyl (C=O) groups is 1. The lowest BCUT2D eigenvalue weighted by Crippen LogP contribution is -2.12. The van der Waals surface area contributed by atoms with E-state index in [9.17, 15) is 4.79 Å². The molecule has 0 bridgehead atoms. The molecule has 3 heterocycles. The van der Waals surface area contributed by atoms with E-state index in [0.29, 0.717) is 5.69 Å². The number of carbonyl (C=O) groups excluding carboxylic acids is 1. The van der Waals surface area contributed by atoms with Gasteiger partial charge in [0.1, 0.15) is 23.2 Å². The molecule has 4 aromatic rings. The zero-order valence-corrected chi connectivity index (χ0v) is 16.7. The maximum Gasteiger partial charge on any atom is 0.267 e. The Hall–Kier alpha value is -3.77. The van der Waals surface area contributed by atoms with Gasteiger partial charge in [-0.1, -0.05) is 12.1 Å². The Bertz CT molecular complexity index is 1240. The quantitative estimate of drug-likeness (QED) is 0.455. The first-order chi connectivity index (χ1) is 14.7. The first-order valence-electron chi connectivity index (χ1n) is 9.42. The highest BCUT2D eigenvalue weighted by molar-refractivity contribution is 7.08. The fourth-order valence-corrected chi connectivity index (χ4v) is 3.89. The number of aromatic nitrogens is 1. The van der Waals surface area contributed by atoms with E-state index < -0.39 is 5.91 Å². The Morgan fingerprint density at radius 1 is 1.00 bits per heavy atom. The smallest absolute Gasteiger partial charge is 0.267 e. The molecule has 5 rings (SSSR count).